The van der Waals surface area contributed by atoms with Gasteiger partial charge in [0.1, 0.15) is 18.0 Å². The zero-order valence-electron chi connectivity index (χ0n) is 14.8. The largest absolute Gasteiger partial charge is 0.457 e. The van der Waals surface area contributed by atoms with Gasteiger partial charge in [-0.05, 0) is 49.2 Å². The number of pyridine rings is 1. The van der Waals surface area contributed by atoms with Crippen LogP contribution in [0.5, 0.6) is 0 Å². The number of aromatic nitrogens is 1. The maximum Gasteiger partial charge on any atom is 0.342 e. The first-order valence-electron chi connectivity index (χ1n) is 7.89. The lowest BCUT2D eigenvalue weighted by molar-refractivity contribution is -0.141. The molecular formula is C19H20FN3O3. The molecule has 0 atom stereocenters. The molecule has 0 aliphatic rings. The van der Waals surface area contributed by atoms with Crippen LogP contribution in [0.15, 0.2) is 36.2 Å². The highest BCUT2D eigenvalue weighted by Gasteiger charge is 2.18. The zero-order chi connectivity index (χ0) is 19.3. The van der Waals surface area contributed by atoms with Crippen molar-refractivity contribution in [2.75, 3.05) is 18.1 Å². The predicted molar refractivity (Wildman–Crippen MR) is 97.8 cm³/mol. The highest BCUT2D eigenvalue weighted by Crippen LogP contribution is 2.23. The number of carbonyl (C=O) groups is 2. The van der Waals surface area contributed by atoms with Crippen LogP contribution < -0.4 is 11.1 Å². The number of carbonyl (C=O) groups excluding carboxylic acids is 2. The first-order chi connectivity index (χ1) is 12.3. The summed E-state index contributed by atoms with van der Waals surface area (Å²) in [5.74, 6) is -1.76. The summed E-state index contributed by atoms with van der Waals surface area (Å²) in [6.45, 7) is 2.92. The smallest absolute Gasteiger partial charge is 0.342 e. The van der Waals surface area contributed by atoms with E-state index in [0.717, 1.165) is 0 Å². The van der Waals surface area contributed by atoms with Crippen molar-refractivity contribution in [1.82, 2.24) is 4.98 Å². The van der Waals surface area contributed by atoms with Crippen LogP contribution >= 0.6 is 0 Å². The highest BCUT2D eigenvalue weighted by molar-refractivity contribution is 6.19. The Morgan fingerprint density at radius 2 is 2.12 bits per heavy atom. The van der Waals surface area contributed by atoms with Crippen LogP contribution in [-0.2, 0) is 20.9 Å². The van der Waals surface area contributed by atoms with Gasteiger partial charge < -0.3 is 15.8 Å². The van der Waals surface area contributed by atoms with Gasteiger partial charge in [0.05, 0.1) is 11.9 Å². The number of nitrogen functional groups attached to an aromatic ring is 1. The molecule has 6 nitrogen and oxygen atoms in total. The van der Waals surface area contributed by atoms with E-state index in [2.05, 4.69) is 10.3 Å². The number of esters is 1. The van der Waals surface area contributed by atoms with E-state index < -0.39 is 17.6 Å². The van der Waals surface area contributed by atoms with E-state index in [4.69, 9.17) is 10.5 Å². The molecule has 7 heteroatoms. The van der Waals surface area contributed by atoms with Gasteiger partial charge in [0.25, 0.3) is 0 Å². The second-order valence-corrected chi connectivity index (χ2v) is 5.68. The molecule has 1 aromatic carbocycles. The molecule has 3 N–H and O–H groups in total. The molecule has 0 aliphatic heterocycles. The van der Waals surface area contributed by atoms with Crippen LogP contribution in [0.1, 0.15) is 23.6 Å². The van der Waals surface area contributed by atoms with E-state index in [1.807, 2.05) is 0 Å². The van der Waals surface area contributed by atoms with E-state index >= 15 is 0 Å². The first kappa shape index (κ1) is 19.1. The molecule has 136 valence electrons. The molecule has 0 spiro atoms. The lowest BCUT2D eigenvalue weighted by atomic mass is 10.0. The van der Waals surface area contributed by atoms with Crippen LogP contribution in [0.3, 0.4) is 0 Å². The summed E-state index contributed by atoms with van der Waals surface area (Å²) in [5.41, 5.74) is 8.23. The molecule has 1 heterocycles. The number of rotatable bonds is 6. The van der Waals surface area contributed by atoms with Gasteiger partial charge in [0.2, 0.25) is 0 Å². The number of nitrogens with one attached hydrogen (secondary N) is 1. The molecule has 0 fully saturated rings. The lowest BCUT2D eigenvalue weighted by Gasteiger charge is -2.11. The topological polar surface area (TPSA) is 94.3 Å². The average molecular weight is 357 g/mol. The number of Topliss-reactive ketones (excluding diaryl/α,β-unsaturated/α-hetero) is 1. The van der Waals surface area contributed by atoms with Crippen molar-refractivity contribution < 1.29 is 18.7 Å². The molecule has 0 amide bonds. The minimum absolute atomic E-state index is 0.0955. The number of nitrogens with zero attached hydrogens (tertiary/aromatic N) is 1. The maximum atomic E-state index is 13.8. The Balaban J connectivity index is 2.30. The van der Waals surface area contributed by atoms with Crippen molar-refractivity contribution in [2.45, 2.75) is 20.5 Å². The Kier molecular flexibility index (Phi) is 6.06. The summed E-state index contributed by atoms with van der Waals surface area (Å²) in [7, 11) is 1.66. The Hall–Kier alpha value is -3.22. The van der Waals surface area contributed by atoms with E-state index in [1.165, 1.54) is 37.5 Å². The minimum atomic E-state index is -0.802. The number of halogens is 1. The Morgan fingerprint density at radius 1 is 1.38 bits per heavy atom. The lowest BCUT2D eigenvalue weighted by Crippen LogP contribution is -2.14. The third kappa shape index (κ3) is 4.44. The molecule has 0 saturated heterocycles. The number of nitrogens with two attached hydrogens (primary N) is 1. The van der Waals surface area contributed by atoms with Crippen molar-refractivity contribution in [3.63, 3.8) is 0 Å². The van der Waals surface area contributed by atoms with E-state index in [0.29, 0.717) is 28.1 Å². The summed E-state index contributed by atoms with van der Waals surface area (Å²) < 4.78 is 19.0. The molecular weight excluding hydrogens is 337 g/mol. The maximum absolute atomic E-state index is 13.8. The average Bonchev–Trinajstić information content (AvgIpc) is 2.60. The summed E-state index contributed by atoms with van der Waals surface area (Å²) in [6, 6.07) is 4.22. The number of hydrogen-bond acceptors (Lipinski definition) is 6. The highest BCUT2D eigenvalue weighted by atomic mass is 19.1. The molecule has 0 bridgehead atoms. The molecule has 0 unspecified atom stereocenters. The Labute approximate surface area is 150 Å². The molecule has 1 aromatic heterocycles. The predicted octanol–water partition coefficient (Wildman–Crippen LogP) is 2.87. The van der Waals surface area contributed by atoms with Gasteiger partial charge in [-0.2, -0.15) is 0 Å². The van der Waals surface area contributed by atoms with E-state index in [9.17, 15) is 14.0 Å². The molecule has 2 rings (SSSR count). The van der Waals surface area contributed by atoms with Crippen LogP contribution in [-0.4, -0.2) is 23.8 Å². The summed E-state index contributed by atoms with van der Waals surface area (Å²) in [5, 5.41) is 2.87. The molecule has 0 saturated carbocycles. The monoisotopic (exact) mass is 357 g/mol. The fourth-order valence-corrected chi connectivity index (χ4v) is 2.36. The fourth-order valence-electron chi connectivity index (χ4n) is 2.36. The normalized spacial score (nSPS) is 11.2. The Bertz CT molecular complexity index is 878. The van der Waals surface area contributed by atoms with Gasteiger partial charge in [-0.3, -0.25) is 9.78 Å². The summed E-state index contributed by atoms with van der Waals surface area (Å²) >= 11 is 0. The van der Waals surface area contributed by atoms with Crippen molar-refractivity contribution in [2.24, 2.45) is 0 Å². The summed E-state index contributed by atoms with van der Waals surface area (Å²) in [6.07, 6.45) is 4.30. The van der Waals surface area contributed by atoms with Crippen molar-refractivity contribution in [3.05, 3.63) is 58.7 Å². The number of hydrogen-bond donors (Lipinski definition) is 2. The zero-order valence-corrected chi connectivity index (χ0v) is 14.8. The van der Waals surface area contributed by atoms with Crippen LogP contribution in [0.2, 0.25) is 0 Å². The third-order valence-electron chi connectivity index (χ3n) is 3.89. The van der Waals surface area contributed by atoms with Crippen molar-refractivity contribution >= 4 is 29.2 Å². The quantitative estimate of drug-likeness (QED) is 0.357. The second-order valence-electron chi connectivity index (χ2n) is 5.68. The van der Waals surface area contributed by atoms with Crippen LogP contribution in [0, 0.1) is 12.7 Å². The second kappa shape index (κ2) is 8.24. The van der Waals surface area contributed by atoms with Crippen LogP contribution in [0.4, 0.5) is 15.8 Å². The van der Waals surface area contributed by atoms with E-state index in [-0.39, 0.29) is 12.2 Å². The summed E-state index contributed by atoms with van der Waals surface area (Å²) in [4.78, 5) is 28.1. The molecule has 26 heavy (non-hydrogen) atoms. The minimum Gasteiger partial charge on any atom is -0.457 e. The Morgan fingerprint density at radius 3 is 2.73 bits per heavy atom. The number of ketones is 1. The number of benzene rings is 1. The first-order valence-corrected chi connectivity index (χ1v) is 7.89. The van der Waals surface area contributed by atoms with E-state index in [1.54, 1.807) is 20.0 Å². The van der Waals surface area contributed by atoms with Gasteiger partial charge in [0, 0.05) is 24.5 Å². The molecule has 0 aliphatic carbocycles. The molecule has 2 aromatic rings. The van der Waals surface area contributed by atoms with Gasteiger partial charge in [-0.25, -0.2) is 9.18 Å². The number of anilines is 2. The molecule has 0 radical (unpaired) electrons. The van der Waals surface area contributed by atoms with Crippen molar-refractivity contribution in [1.29, 1.82) is 0 Å². The van der Waals surface area contributed by atoms with Gasteiger partial charge >= 0.3 is 5.97 Å². The van der Waals surface area contributed by atoms with Gasteiger partial charge in [-0.1, -0.05) is 0 Å². The van der Waals surface area contributed by atoms with Crippen molar-refractivity contribution in [3.8, 4) is 0 Å². The van der Waals surface area contributed by atoms with Gasteiger partial charge in [-0.15, -0.1) is 0 Å². The third-order valence-corrected chi connectivity index (χ3v) is 3.89. The fraction of sp³-hybridized carbons (Fsp3) is 0.211. The number of ether oxygens (including phenoxy) is 1. The SMILES string of the molecule is CNc1cc(F)cc(/C=C(\C(C)=O)C(=O)OCc2ccncc2N)c1C. The standard InChI is InChI=1S/C19H20FN3O3/c1-11-14(6-15(20)8-18(11)22-3)7-16(12(2)24)19(25)26-10-13-4-5-23-9-17(13)21/h4-9,22H,10,21H2,1-3H3/b16-7+. The van der Waals surface area contributed by atoms with Gasteiger partial charge in [0.15, 0.2) is 5.78 Å². The van der Waals surface area contributed by atoms with Crippen LogP contribution in [0.25, 0.3) is 6.08 Å².